The average Bonchev–Trinajstić information content (AvgIpc) is 3.36. The first-order chi connectivity index (χ1) is 13.3. The molecule has 8 nitrogen and oxygen atoms in total. The molecule has 4 aromatic rings. The molecule has 0 atom stereocenters. The number of thiazole rings is 1. The van der Waals surface area contributed by atoms with Gasteiger partial charge in [0.25, 0.3) is 0 Å². The summed E-state index contributed by atoms with van der Waals surface area (Å²) in [5.41, 5.74) is 1.69. The molecule has 136 valence electrons. The van der Waals surface area contributed by atoms with E-state index >= 15 is 0 Å². The highest BCUT2D eigenvalue weighted by molar-refractivity contribution is 7.22. The molecule has 1 fully saturated rings. The van der Waals surface area contributed by atoms with Crippen molar-refractivity contribution in [2.24, 2.45) is 0 Å². The Morgan fingerprint density at radius 3 is 2.74 bits per heavy atom. The standard InChI is InChI=1S/C18H17N7OS/c1-2-4-15-13(3-1)21-18(27-15)25-9-7-24(8-10-25)12-16-22-17(23-26-16)14-11-19-5-6-20-14/h1-6,11H,7-10,12H2. The lowest BCUT2D eigenvalue weighted by atomic mass is 10.3. The van der Waals surface area contributed by atoms with Crippen LogP contribution in [0, 0.1) is 0 Å². The summed E-state index contributed by atoms with van der Waals surface area (Å²) in [6, 6.07) is 8.28. The SMILES string of the molecule is c1ccc2sc(N3CCN(Cc4nc(-c5cnccn5)no4)CC3)nc2c1. The first kappa shape index (κ1) is 16.3. The third kappa shape index (κ3) is 3.38. The maximum absolute atomic E-state index is 5.38. The molecule has 1 saturated heterocycles. The summed E-state index contributed by atoms with van der Waals surface area (Å²) in [5, 5.41) is 5.10. The first-order valence-electron chi connectivity index (χ1n) is 8.77. The van der Waals surface area contributed by atoms with Crippen molar-refractivity contribution in [3.63, 3.8) is 0 Å². The van der Waals surface area contributed by atoms with Crippen molar-refractivity contribution >= 4 is 26.7 Å². The lowest BCUT2D eigenvalue weighted by Gasteiger charge is -2.33. The van der Waals surface area contributed by atoms with Crippen molar-refractivity contribution < 1.29 is 4.52 Å². The molecule has 0 aliphatic carbocycles. The third-order valence-corrected chi connectivity index (χ3v) is 5.64. The van der Waals surface area contributed by atoms with E-state index < -0.39 is 0 Å². The quantitative estimate of drug-likeness (QED) is 0.535. The lowest BCUT2D eigenvalue weighted by molar-refractivity contribution is 0.215. The van der Waals surface area contributed by atoms with E-state index in [1.54, 1.807) is 29.9 Å². The second-order valence-corrected chi connectivity index (χ2v) is 7.34. The second kappa shape index (κ2) is 7.01. The smallest absolute Gasteiger partial charge is 0.241 e. The van der Waals surface area contributed by atoms with E-state index in [1.165, 1.54) is 4.70 Å². The van der Waals surface area contributed by atoms with Crippen LogP contribution in [-0.2, 0) is 6.54 Å². The van der Waals surface area contributed by atoms with Gasteiger partial charge in [-0.05, 0) is 12.1 Å². The van der Waals surface area contributed by atoms with E-state index in [1.807, 2.05) is 6.07 Å². The predicted octanol–water partition coefficient (Wildman–Crippen LogP) is 2.46. The lowest BCUT2D eigenvalue weighted by Crippen LogP contribution is -2.46. The molecular formula is C18H17N7OS. The number of anilines is 1. The number of hydrogen-bond acceptors (Lipinski definition) is 9. The van der Waals surface area contributed by atoms with Crippen LogP contribution in [0.1, 0.15) is 5.89 Å². The van der Waals surface area contributed by atoms with E-state index in [-0.39, 0.29) is 0 Å². The van der Waals surface area contributed by atoms with Crippen LogP contribution in [0.4, 0.5) is 5.13 Å². The number of aromatic nitrogens is 5. The van der Waals surface area contributed by atoms with Crippen LogP contribution >= 0.6 is 11.3 Å². The van der Waals surface area contributed by atoms with Gasteiger partial charge in [0.1, 0.15) is 5.69 Å². The summed E-state index contributed by atoms with van der Waals surface area (Å²) in [6.45, 7) is 4.37. The van der Waals surface area contributed by atoms with Crippen molar-refractivity contribution in [2.75, 3.05) is 31.1 Å². The van der Waals surface area contributed by atoms with Gasteiger partial charge in [0.2, 0.25) is 11.7 Å². The summed E-state index contributed by atoms with van der Waals surface area (Å²) < 4.78 is 6.61. The third-order valence-electron chi connectivity index (χ3n) is 4.54. The van der Waals surface area contributed by atoms with Crippen molar-refractivity contribution in [3.05, 3.63) is 48.7 Å². The highest BCUT2D eigenvalue weighted by Gasteiger charge is 2.21. The van der Waals surface area contributed by atoms with Crippen molar-refractivity contribution in [1.82, 2.24) is 30.0 Å². The van der Waals surface area contributed by atoms with Crippen LogP contribution in [-0.4, -0.2) is 56.2 Å². The Morgan fingerprint density at radius 2 is 1.93 bits per heavy atom. The van der Waals surface area contributed by atoms with Gasteiger partial charge in [0, 0.05) is 38.6 Å². The molecule has 0 spiro atoms. The Bertz CT molecular complexity index is 1010. The zero-order chi connectivity index (χ0) is 18.1. The molecule has 0 amide bonds. The number of rotatable bonds is 4. The molecule has 0 N–H and O–H groups in total. The van der Waals surface area contributed by atoms with E-state index in [9.17, 15) is 0 Å². The fourth-order valence-electron chi connectivity index (χ4n) is 3.12. The number of fused-ring (bicyclic) bond motifs is 1. The van der Waals surface area contributed by atoms with Gasteiger partial charge in [-0.3, -0.25) is 9.88 Å². The number of para-hydroxylation sites is 1. The predicted molar refractivity (Wildman–Crippen MR) is 102 cm³/mol. The van der Waals surface area contributed by atoms with Crippen molar-refractivity contribution in [1.29, 1.82) is 0 Å². The van der Waals surface area contributed by atoms with Crippen LogP contribution in [0.5, 0.6) is 0 Å². The molecule has 27 heavy (non-hydrogen) atoms. The number of nitrogens with zero attached hydrogens (tertiary/aromatic N) is 7. The average molecular weight is 379 g/mol. The zero-order valence-electron chi connectivity index (χ0n) is 14.5. The van der Waals surface area contributed by atoms with E-state index in [4.69, 9.17) is 9.51 Å². The minimum Gasteiger partial charge on any atom is -0.345 e. The molecule has 9 heteroatoms. The summed E-state index contributed by atoms with van der Waals surface area (Å²) in [7, 11) is 0. The molecule has 0 radical (unpaired) electrons. The first-order valence-corrected chi connectivity index (χ1v) is 9.59. The number of piperazine rings is 1. The summed E-state index contributed by atoms with van der Waals surface area (Å²) in [4.78, 5) is 22.1. The molecule has 4 heterocycles. The molecule has 3 aromatic heterocycles. The van der Waals surface area contributed by atoms with E-state index in [0.29, 0.717) is 24.0 Å². The molecule has 5 rings (SSSR count). The molecule has 0 saturated carbocycles. The Labute approximate surface area is 159 Å². The molecule has 0 unspecified atom stereocenters. The maximum atomic E-state index is 5.38. The normalized spacial score (nSPS) is 15.5. The molecule has 0 bridgehead atoms. The van der Waals surface area contributed by atoms with Gasteiger partial charge in [-0.2, -0.15) is 4.98 Å². The Kier molecular flexibility index (Phi) is 4.23. The molecular weight excluding hydrogens is 362 g/mol. The summed E-state index contributed by atoms with van der Waals surface area (Å²) in [6.07, 6.45) is 4.87. The van der Waals surface area contributed by atoms with Gasteiger partial charge >= 0.3 is 0 Å². The topological polar surface area (TPSA) is 84.1 Å². The zero-order valence-corrected chi connectivity index (χ0v) is 15.3. The summed E-state index contributed by atoms with van der Waals surface area (Å²) >= 11 is 1.75. The largest absolute Gasteiger partial charge is 0.345 e. The van der Waals surface area contributed by atoms with E-state index in [2.05, 4.69) is 48.1 Å². The van der Waals surface area contributed by atoms with Gasteiger partial charge in [-0.15, -0.1) is 0 Å². The van der Waals surface area contributed by atoms with Crippen LogP contribution in [0.25, 0.3) is 21.7 Å². The van der Waals surface area contributed by atoms with Gasteiger partial charge < -0.3 is 9.42 Å². The molecule has 1 aliphatic heterocycles. The number of benzene rings is 1. The molecule has 1 aromatic carbocycles. The molecule has 1 aliphatic rings. The minimum atomic E-state index is 0.478. The van der Waals surface area contributed by atoms with Crippen LogP contribution in [0.3, 0.4) is 0 Å². The van der Waals surface area contributed by atoms with Gasteiger partial charge in [0.05, 0.1) is 23.0 Å². The van der Waals surface area contributed by atoms with Crippen molar-refractivity contribution in [3.8, 4) is 11.5 Å². The van der Waals surface area contributed by atoms with Gasteiger partial charge in [-0.25, -0.2) is 9.97 Å². The van der Waals surface area contributed by atoms with Crippen LogP contribution in [0.2, 0.25) is 0 Å². The van der Waals surface area contributed by atoms with Crippen molar-refractivity contribution in [2.45, 2.75) is 6.54 Å². The fraction of sp³-hybridized carbons (Fsp3) is 0.278. The number of hydrogen-bond donors (Lipinski definition) is 0. The van der Waals surface area contributed by atoms with Gasteiger partial charge in [0.15, 0.2) is 5.13 Å². The van der Waals surface area contributed by atoms with Crippen LogP contribution < -0.4 is 4.90 Å². The Balaban J connectivity index is 1.21. The maximum Gasteiger partial charge on any atom is 0.241 e. The second-order valence-electron chi connectivity index (χ2n) is 6.33. The monoisotopic (exact) mass is 379 g/mol. The summed E-state index contributed by atoms with van der Waals surface area (Å²) in [5.74, 6) is 1.08. The highest BCUT2D eigenvalue weighted by Crippen LogP contribution is 2.29. The van der Waals surface area contributed by atoms with Gasteiger partial charge in [-0.1, -0.05) is 28.6 Å². The Morgan fingerprint density at radius 1 is 1.04 bits per heavy atom. The van der Waals surface area contributed by atoms with Crippen LogP contribution in [0.15, 0.2) is 47.4 Å². The minimum absolute atomic E-state index is 0.478. The fourth-order valence-corrected chi connectivity index (χ4v) is 4.14. The van der Waals surface area contributed by atoms with E-state index in [0.717, 1.165) is 36.8 Å². The Hall–Kier alpha value is -2.91. The highest BCUT2D eigenvalue weighted by atomic mass is 32.1.